The van der Waals surface area contributed by atoms with E-state index in [1.54, 1.807) is 0 Å². The molecule has 0 heterocycles. The van der Waals surface area contributed by atoms with Crippen LogP contribution in [0.15, 0.2) is 18.2 Å². The number of anilines is 1. The Morgan fingerprint density at radius 2 is 1.90 bits per heavy atom. The number of benzene rings is 1. The molecule has 1 aromatic rings. The van der Waals surface area contributed by atoms with Crippen LogP contribution in [-0.4, -0.2) is 29.1 Å². The normalized spacial score (nSPS) is 11.5. The average molecular weight is 287 g/mol. The van der Waals surface area contributed by atoms with Crippen molar-refractivity contribution in [1.29, 1.82) is 0 Å². The number of hydrogen-bond donors (Lipinski definition) is 4. The molecule has 0 spiro atoms. The highest BCUT2D eigenvalue weighted by Crippen LogP contribution is 2.12. The predicted molar refractivity (Wildman–Crippen MR) is 63.7 cm³/mol. The van der Waals surface area contributed by atoms with E-state index in [0.29, 0.717) is 0 Å². The number of aliphatic carboxylic acids is 1. The van der Waals surface area contributed by atoms with Crippen molar-refractivity contribution in [2.45, 2.75) is 12.5 Å². The Labute approximate surface area is 111 Å². The minimum absolute atomic E-state index is 0.0791. The summed E-state index contributed by atoms with van der Waals surface area (Å²) in [7, 11) is 0. The second-order valence-electron chi connectivity index (χ2n) is 3.79. The maximum Gasteiger partial charge on any atom is 0.326 e. The van der Waals surface area contributed by atoms with Gasteiger partial charge in [-0.3, -0.25) is 4.79 Å². The van der Waals surface area contributed by atoms with E-state index in [4.69, 9.17) is 10.8 Å². The maximum atomic E-state index is 12.9. The summed E-state index contributed by atoms with van der Waals surface area (Å²) >= 11 is 0. The summed E-state index contributed by atoms with van der Waals surface area (Å²) in [5.41, 5.74) is 4.75. The lowest BCUT2D eigenvalue weighted by Crippen LogP contribution is -2.45. The third-order valence-corrected chi connectivity index (χ3v) is 2.19. The molecule has 3 amide bonds. The largest absolute Gasteiger partial charge is 0.480 e. The van der Waals surface area contributed by atoms with E-state index in [1.807, 2.05) is 5.32 Å². The zero-order valence-electron chi connectivity index (χ0n) is 10.0. The van der Waals surface area contributed by atoms with E-state index in [-0.39, 0.29) is 5.69 Å². The van der Waals surface area contributed by atoms with Crippen molar-refractivity contribution in [3.05, 3.63) is 29.8 Å². The van der Waals surface area contributed by atoms with E-state index >= 15 is 0 Å². The fourth-order valence-electron chi connectivity index (χ4n) is 1.30. The fourth-order valence-corrected chi connectivity index (χ4v) is 1.30. The third kappa shape index (κ3) is 4.52. The van der Waals surface area contributed by atoms with Crippen molar-refractivity contribution in [2.24, 2.45) is 5.73 Å². The molecule has 0 aliphatic rings. The number of rotatable bonds is 5. The highest BCUT2D eigenvalue weighted by Gasteiger charge is 2.22. The third-order valence-electron chi connectivity index (χ3n) is 2.19. The number of hydrogen-bond acceptors (Lipinski definition) is 3. The van der Waals surface area contributed by atoms with Crippen LogP contribution in [0.4, 0.5) is 19.3 Å². The molecule has 0 saturated heterocycles. The summed E-state index contributed by atoms with van der Waals surface area (Å²) < 4.78 is 25.6. The number of carboxylic acids is 1. The van der Waals surface area contributed by atoms with Crippen LogP contribution >= 0.6 is 0 Å². The zero-order valence-corrected chi connectivity index (χ0v) is 10.0. The summed E-state index contributed by atoms with van der Waals surface area (Å²) in [6, 6.07) is 0.0892. The first-order valence-corrected chi connectivity index (χ1v) is 5.33. The number of halogens is 2. The van der Waals surface area contributed by atoms with Crippen LogP contribution in [0.1, 0.15) is 6.42 Å². The van der Waals surface area contributed by atoms with Crippen molar-refractivity contribution in [3.63, 3.8) is 0 Å². The van der Waals surface area contributed by atoms with Gasteiger partial charge in [0.05, 0.1) is 6.42 Å². The molecule has 0 radical (unpaired) electrons. The highest BCUT2D eigenvalue weighted by atomic mass is 19.2. The molecule has 0 aliphatic heterocycles. The van der Waals surface area contributed by atoms with Crippen molar-refractivity contribution in [2.75, 3.05) is 5.32 Å². The van der Waals surface area contributed by atoms with Gasteiger partial charge in [-0.05, 0) is 12.1 Å². The first kappa shape index (κ1) is 15.3. The van der Waals surface area contributed by atoms with E-state index in [1.165, 1.54) is 0 Å². The van der Waals surface area contributed by atoms with Crippen LogP contribution in [0.2, 0.25) is 0 Å². The molecule has 0 aliphatic carbocycles. The van der Waals surface area contributed by atoms with Crippen LogP contribution in [-0.2, 0) is 9.59 Å². The van der Waals surface area contributed by atoms with Gasteiger partial charge in [0.25, 0.3) is 0 Å². The lowest BCUT2D eigenvalue weighted by molar-refractivity contribution is -0.140. The summed E-state index contributed by atoms with van der Waals surface area (Å²) in [6.45, 7) is 0. The minimum Gasteiger partial charge on any atom is -0.480 e. The Balaban J connectivity index is 2.67. The standard InChI is InChI=1S/C11H11F2N3O4/c12-6-2-1-5(3-7(6)13)15-11(20)16-8(10(18)19)4-9(14)17/h1-3,8H,4H2,(H2,14,17)(H,18,19)(H2,15,16,20). The van der Waals surface area contributed by atoms with Gasteiger partial charge in [-0.2, -0.15) is 0 Å². The van der Waals surface area contributed by atoms with Gasteiger partial charge in [0, 0.05) is 11.8 Å². The molecule has 20 heavy (non-hydrogen) atoms. The maximum absolute atomic E-state index is 12.9. The van der Waals surface area contributed by atoms with Crippen LogP contribution < -0.4 is 16.4 Å². The Hall–Kier alpha value is -2.71. The molecule has 1 unspecified atom stereocenters. The first-order valence-electron chi connectivity index (χ1n) is 5.33. The van der Waals surface area contributed by atoms with Gasteiger partial charge in [-0.15, -0.1) is 0 Å². The Bertz CT molecular complexity index is 550. The lowest BCUT2D eigenvalue weighted by atomic mass is 10.2. The van der Waals surface area contributed by atoms with Gasteiger partial charge in [0.2, 0.25) is 5.91 Å². The van der Waals surface area contributed by atoms with Gasteiger partial charge in [-0.25, -0.2) is 18.4 Å². The molecular formula is C11H11F2N3O4. The second-order valence-corrected chi connectivity index (χ2v) is 3.79. The number of urea groups is 1. The molecule has 0 fully saturated rings. The highest BCUT2D eigenvalue weighted by molar-refractivity contribution is 5.93. The van der Waals surface area contributed by atoms with E-state index in [0.717, 1.165) is 18.2 Å². The first-order chi connectivity index (χ1) is 9.29. The summed E-state index contributed by atoms with van der Waals surface area (Å²) in [6.07, 6.45) is -0.597. The molecule has 9 heteroatoms. The summed E-state index contributed by atoms with van der Waals surface area (Å²) in [4.78, 5) is 32.8. The second kappa shape index (κ2) is 6.45. The Kier molecular flexibility index (Phi) is 4.95. The number of carbonyl (C=O) groups is 3. The van der Waals surface area contributed by atoms with Gasteiger partial charge in [0.1, 0.15) is 6.04 Å². The lowest BCUT2D eigenvalue weighted by Gasteiger charge is -2.13. The molecule has 1 rings (SSSR count). The molecule has 108 valence electrons. The molecule has 1 aromatic carbocycles. The molecule has 7 nitrogen and oxygen atoms in total. The van der Waals surface area contributed by atoms with Crippen molar-refractivity contribution in [3.8, 4) is 0 Å². The number of amides is 3. The quantitative estimate of drug-likeness (QED) is 0.626. The summed E-state index contributed by atoms with van der Waals surface area (Å²) in [5.74, 6) is -4.63. The fraction of sp³-hybridized carbons (Fsp3) is 0.182. The van der Waals surface area contributed by atoms with Gasteiger partial charge in [-0.1, -0.05) is 0 Å². The monoisotopic (exact) mass is 287 g/mol. The molecule has 0 saturated carbocycles. The van der Waals surface area contributed by atoms with Crippen LogP contribution in [0.25, 0.3) is 0 Å². The van der Waals surface area contributed by atoms with Gasteiger partial charge >= 0.3 is 12.0 Å². The molecule has 5 N–H and O–H groups in total. The molecule has 0 bridgehead atoms. The molecular weight excluding hydrogens is 276 g/mol. The van der Waals surface area contributed by atoms with Crippen LogP contribution in [0.5, 0.6) is 0 Å². The van der Waals surface area contributed by atoms with Gasteiger partial charge in [0.15, 0.2) is 11.6 Å². The van der Waals surface area contributed by atoms with E-state index < -0.39 is 42.0 Å². The number of carboxylic acid groups (broad SMARTS) is 1. The van der Waals surface area contributed by atoms with Crippen LogP contribution in [0, 0.1) is 11.6 Å². The Morgan fingerprint density at radius 1 is 1.25 bits per heavy atom. The average Bonchev–Trinajstić information content (AvgIpc) is 2.32. The van der Waals surface area contributed by atoms with Crippen molar-refractivity contribution >= 4 is 23.6 Å². The van der Waals surface area contributed by atoms with Crippen molar-refractivity contribution in [1.82, 2.24) is 5.32 Å². The van der Waals surface area contributed by atoms with Crippen molar-refractivity contribution < 1.29 is 28.3 Å². The van der Waals surface area contributed by atoms with E-state index in [2.05, 4.69) is 5.32 Å². The minimum atomic E-state index is -1.52. The number of primary amides is 1. The Morgan fingerprint density at radius 3 is 2.40 bits per heavy atom. The van der Waals surface area contributed by atoms with Gasteiger partial charge < -0.3 is 21.5 Å². The van der Waals surface area contributed by atoms with Crippen LogP contribution in [0.3, 0.4) is 0 Å². The van der Waals surface area contributed by atoms with E-state index in [9.17, 15) is 23.2 Å². The number of carbonyl (C=O) groups excluding carboxylic acids is 2. The topological polar surface area (TPSA) is 122 Å². The summed E-state index contributed by atoms with van der Waals surface area (Å²) in [5, 5.41) is 12.8. The smallest absolute Gasteiger partial charge is 0.326 e. The number of nitrogens with two attached hydrogens (primary N) is 1. The zero-order chi connectivity index (χ0) is 15.3. The SMILES string of the molecule is NC(=O)CC(NC(=O)Nc1ccc(F)c(F)c1)C(=O)O. The number of nitrogens with one attached hydrogen (secondary N) is 2. The molecule has 1 atom stereocenters. The predicted octanol–water partition coefficient (Wildman–Crippen LogP) is 0.415. The molecule has 0 aromatic heterocycles.